The molecule has 2 aromatic heterocycles. The Hall–Kier alpha value is -1.92. The van der Waals surface area contributed by atoms with Crippen LogP contribution < -0.4 is 0 Å². The van der Waals surface area contributed by atoms with Gasteiger partial charge in [0, 0.05) is 37.9 Å². The van der Waals surface area contributed by atoms with E-state index in [0.29, 0.717) is 0 Å². The van der Waals surface area contributed by atoms with Gasteiger partial charge in [0.1, 0.15) is 4.90 Å². The Balaban J connectivity index is 1.92. The third-order valence-corrected chi connectivity index (χ3v) is 5.28. The average molecular weight is 303 g/mol. The summed E-state index contributed by atoms with van der Waals surface area (Å²) in [5, 5.41) is 0. The second-order valence-corrected chi connectivity index (χ2v) is 7.01. The number of hydrogen-bond acceptors (Lipinski definition) is 4. The lowest BCUT2D eigenvalue weighted by Crippen LogP contribution is -2.23. The molecule has 0 fully saturated rings. The van der Waals surface area contributed by atoms with Gasteiger partial charge in [0.15, 0.2) is 0 Å². The van der Waals surface area contributed by atoms with E-state index in [0.717, 1.165) is 25.1 Å². The number of nitrogens with zero attached hydrogens (tertiary/aromatic N) is 3. The minimum atomic E-state index is -3.55. The van der Waals surface area contributed by atoms with Gasteiger partial charge in [-0.2, -0.15) is 0 Å². The van der Waals surface area contributed by atoms with Crippen LogP contribution in [0.3, 0.4) is 0 Å². The van der Waals surface area contributed by atoms with Crippen molar-refractivity contribution in [2.24, 2.45) is 0 Å². The monoisotopic (exact) mass is 303 g/mol. The van der Waals surface area contributed by atoms with Crippen LogP contribution in [0.2, 0.25) is 0 Å². The van der Waals surface area contributed by atoms with Gasteiger partial charge < -0.3 is 4.90 Å². The summed E-state index contributed by atoms with van der Waals surface area (Å²) in [4.78, 5) is 6.30. The van der Waals surface area contributed by atoms with Crippen molar-refractivity contribution in [3.05, 3.63) is 54.6 Å². The maximum Gasteiger partial charge on any atom is 0.269 e. The van der Waals surface area contributed by atoms with Crippen LogP contribution in [0.25, 0.3) is 5.57 Å². The van der Waals surface area contributed by atoms with E-state index in [2.05, 4.69) is 23.0 Å². The highest BCUT2D eigenvalue weighted by molar-refractivity contribution is 7.90. The van der Waals surface area contributed by atoms with Crippen molar-refractivity contribution in [1.29, 1.82) is 0 Å². The van der Waals surface area contributed by atoms with Crippen molar-refractivity contribution in [3.63, 3.8) is 0 Å². The van der Waals surface area contributed by atoms with E-state index >= 15 is 0 Å². The molecule has 0 unspecified atom stereocenters. The van der Waals surface area contributed by atoms with E-state index in [4.69, 9.17) is 0 Å². The molecular formula is C15H17N3O2S. The van der Waals surface area contributed by atoms with Crippen molar-refractivity contribution >= 4 is 15.6 Å². The van der Waals surface area contributed by atoms with Gasteiger partial charge in [-0.15, -0.1) is 0 Å². The van der Waals surface area contributed by atoms with E-state index in [1.807, 2.05) is 6.07 Å². The normalized spacial score (nSPS) is 16.7. The Bertz CT molecular complexity index is 763. The fourth-order valence-electron chi connectivity index (χ4n) is 2.37. The molecule has 21 heavy (non-hydrogen) atoms. The molecule has 1 aliphatic rings. The Morgan fingerprint density at radius 2 is 2.14 bits per heavy atom. The molecule has 0 amide bonds. The fourth-order valence-corrected chi connectivity index (χ4v) is 3.53. The van der Waals surface area contributed by atoms with Crippen molar-refractivity contribution in [3.8, 4) is 0 Å². The third-order valence-electron chi connectivity index (χ3n) is 3.66. The molecule has 0 spiro atoms. The van der Waals surface area contributed by atoms with Crippen molar-refractivity contribution in [2.45, 2.75) is 11.3 Å². The molecular weight excluding hydrogens is 286 g/mol. The van der Waals surface area contributed by atoms with Crippen molar-refractivity contribution in [2.75, 3.05) is 20.1 Å². The van der Waals surface area contributed by atoms with E-state index < -0.39 is 10.0 Å². The molecule has 0 saturated carbocycles. The highest BCUT2D eigenvalue weighted by Crippen LogP contribution is 2.23. The summed E-state index contributed by atoms with van der Waals surface area (Å²) in [6.07, 6.45) is 9.29. The minimum absolute atomic E-state index is 0.199. The Morgan fingerprint density at radius 3 is 2.81 bits per heavy atom. The predicted molar refractivity (Wildman–Crippen MR) is 81.3 cm³/mol. The molecule has 0 bridgehead atoms. The maximum absolute atomic E-state index is 12.5. The second kappa shape index (κ2) is 5.46. The van der Waals surface area contributed by atoms with Crippen LogP contribution in [-0.2, 0) is 10.0 Å². The molecule has 1 aliphatic heterocycles. The lowest BCUT2D eigenvalue weighted by atomic mass is 10.0. The van der Waals surface area contributed by atoms with Gasteiger partial charge in [-0.1, -0.05) is 6.08 Å². The summed E-state index contributed by atoms with van der Waals surface area (Å²) in [5.41, 5.74) is 2.17. The largest absolute Gasteiger partial charge is 0.302 e. The molecule has 3 heterocycles. The molecule has 6 heteroatoms. The van der Waals surface area contributed by atoms with Crippen LogP contribution in [0, 0.1) is 0 Å². The number of hydrogen-bond donors (Lipinski definition) is 0. The van der Waals surface area contributed by atoms with Crippen LogP contribution in [0.4, 0.5) is 0 Å². The van der Waals surface area contributed by atoms with Crippen LogP contribution in [0.1, 0.15) is 12.0 Å². The highest BCUT2D eigenvalue weighted by atomic mass is 32.2. The zero-order valence-corrected chi connectivity index (χ0v) is 12.6. The molecule has 0 N–H and O–H groups in total. The number of aromatic nitrogens is 2. The first kappa shape index (κ1) is 14.0. The summed E-state index contributed by atoms with van der Waals surface area (Å²) in [7, 11) is -1.48. The molecule has 0 saturated heterocycles. The van der Waals surface area contributed by atoms with Gasteiger partial charge in [0.2, 0.25) is 0 Å². The van der Waals surface area contributed by atoms with E-state index in [-0.39, 0.29) is 4.90 Å². The van der Waals surface area contributed by atoms with Gasteiger partial charge in [-0.25, -0.2) is 12.4 Å². The zero-order chi connectivity index (χ0) is 14.9. The lowest BCUT2D eigenvalue weighted by Gasteiger charge is -2.21. The summed E-state index contributed by atoms with van der Waals surface area (Å²) >= 11 is 0. The van der Waals surface area contributed by atoms with Gasteiger partial charge in [0.05, 0.1) is 0 Å². The number of rotatable bonds is 3. The summed E-state index contributed by atoms with van der Waals surface area (Å²) < 4.78 is 26.2. The maximum atomic E-state index is 12.5. The summed E-state index contributed by atoms with van der Waals surface area (Å²) in [6.45, 7) is 1.89. The molecule has 0 aliphatic carbocycles. The quantitative estimate of drug-likeness (QED) is 0.868. The first-order valence-electron chi connectivity index (χ1n) is 6.79. The molecule has 0 atom stereocenters. The van der Waals surface area contributed by atoms with Crippen molar-refractivity contribution < 1.29 is 8.42 Å². The fraction of sp³-hybridized carbons (Fsp3) is 0.267. The summed E-state index contributed by atoms with van der Waals surface area (Å²) in [5.74, 6) is 0. The smallest absolute Gasteiger partial charge is 0.269 e. The topological polar surface area (TPSA) is 55.2 Å². The van der Waals surface area contributed by atoms with E-state index in [1.54, 1.807) is 30.7 Å². The highest BCUT2D eigenvalue weighted by Gasteiger charge is 2.18. The molecule has 0 radical (unpaired) electrons. The van der Waals surface area contributed by atoms with Crippen LogP contribution >= 0.6 is 0 Å². The third kappa shape index (κ3) is 2.77. The zero-order valence-electron chi connectivity index (χ0n) is 11.8. The Labute approximate surface area is 124 Å². The molecule has 3 rings (SSSR count). The Kier molecular flexibility index (Phi) is 3.65. The van der Waals surface area contributed by atoms with Gasteiger partial charge in [-0.3, -0.25) is 4.98 Å². The first-order chi connectivity index (χ1) is 10.1. The average Bonchev–Trinajstić information content (AvgIpc) is 2.99. The molecule has 2 aromatic rings. The first-order valence-corrected chi connectivity index (χ1v) is 8.23. The van der Waals surface area contributed by atoms with Gasteiger partial charge >= 0.3 is 0 Å². The van der Waals surface area contributed by atoms with Crippen molar-refractivity contribution in [1.82, 2.24) is 13.9 Å². The van der Waals surface area contributed by atoms with Gasteiger partial charge in [-0.05, 0) is 42.8 Å². The van der Waals surface area contributed by atoms with E-state index in [9.17, 15) is 8.42 Å². The minimum Gasteiger partial charge on any atom is -0.302 e. The van der Waals surface area contributed by atoms with E-state index in [1.165, 1.54) is 15.7 Å². The standard InChI is InChI=1S/C15H17N3O2S/c1-17-8-4-13(5-9-17)14-6-10-18(12-14)21(19,20)15-3-2-7-16-11-15/h2-4,6-7,10-12H,5,8-9H2,1H3. The molecule has 110 valence electrons. The number of likely N-dealkylation sites (N-methyl/N-ethyl adjacent to an activating group) is 1. The second-order valence-electron chi connectivity index (χ2n) is 5.17. The van der Waals surface area contributed by atoms with Crippen LogP contribution in [-0.4, -0.2) is 42.4 Å². The molecule has 0 aromatic carbocycles. The lowest BCUT2D eigenvalue weighted by molar-refractivity contribution is 0.370. The predicted octanol–water partition coefficient (Wildman–Crippen LogP) is 1.84. The summed E-state index contributed by atoms with van der Waals surface area (Å²) in [6, 6.07) is 5.03. The van der Waals surface area contributed by atoms with Crippen LogP contribution in [0.15, 0.2) is 54.0 Å². The van der Waals surface area contributed by atoms with Gasteiger partial charge in [0.25, 0.3) is 10.0 Å². The number of pyridine rings is 1. The molecule has 5 nitrogen and oxygen atoms in total. The SMILES string of the molecule is CN1CC=C(c2ccn(S(=O)(=O)c3cccnc3)c2)CC1. The van der Waals surface area contributed by atoms with Crippen LogP contribution in [0.5, 0.6) is 0 Å². The Morgan fingerprint density at radius 1 is 1.29 bits per heavy atom.